The second kappa shape index (κ2) is 7.29. The predicted molar refractivity (Wildman–Crippen MR) is 89.2 cm³/mol. The Balaban J connectivity index is 1.48. The Morgan fingerprint density at radius 1 is 1.43 bits per heavy atom. The fourth-order valence-corrected chi connectivity index (χ4v) is 3.06. The molecule has 0 aliphatic carbocycles. The summed E-state index contributed by atoms with van der Waals surface area (Å²) in [6, 6.07) is 5.47. The number of hydrogen-bond acceptors (Lipinski definition) is 4. The Morgan fingerprint density at radius 3 is 2.96 bits per heavy atom. The molecule has 1 fully saturated rings. The molecule has 0 unspecified atom stereocenters. The number of likely N-dealkylation sites (tertiary alicyclic amines) is 1. The number of carbonyl (C=O) groups excluding carboxylic acids is 1. The summed E-state index contributed by atoms with van der Waals surface area (Å²) in [7, 11) is 0. The molecule has 0 saturated carbocycles. The van der Waals surface area contributed by atoms with E-state index >= 15 is 0 Å². The average molecular weight is 337 g/mol. The summed E-state index contributed by atoms with van der Waals surface area (Å²) in [6.07, 6.45) is 1.90. The fraction of sp³-hybridized carbons (Fsp3) is 0.500. The van der Waals surface area contributed by atoms with Crippen LogP contribution in [0.25, 0.3) is 11.0 Å². The molecule has 3 rings (SSSR count). The van der Waals surface area contributed by atoms with E-state index < -0.39 is 0 Å². The minimum absolute atomic E-state index is 0.00839. The minimum Gasteiger partial charge on any atom is -0.396 e. The van der Waals surface area contributed by atoms with Crippen LogP contribution in [0.2, 0.25) is 5.02 Å². The zero-order chi connectivity index (χ0) is 16.2. The minimum atomic E-state index is -0.00839. The van der Waals surface area contributed by atoms with Crippen LogP contribution in [0.15, 0.2) is 18.2 Å². The highest BCUT2D eigenvalue weighted by Crippen LogP contribution is 2.17. The molecule has 0 radical (unpaired) electrons. The van der Waals surface area contributed by atoms with Crippen molar-refractivity contribution in [2.24, 2.45) is 5.92 Å². The highest BCUT2D eigenvalue weighted by Gasteiger charge is 2.20. The molecule has 1 aromatic heterocycles. The van der Waals surface area contributed by atoms with E-state index in [2.05, 4.69) is 20.2 Å². The zero-order valence-electron chi connectivity index (χ0n) is 12.9. The van der Waals surface area contributed by atoms with Crippen LogP contribution >= 0.6 is 11.6 Å². The molecule has 3 N–H and O–H groups in total. The molecule has 0 bridgehead atoms. The lowest BCUT2D eigenvalue weighted by Gasteiger charge is -2.30. The van der Waals surface area contributed by atoms with Gasteiger partial charge in [0, 0.05) is 11.6 Å². The first-order chi connectivity index (χ1) is 11.1. The van der Waals surface area contributed by atoms with Crippen LogP contribution in [0.1, 0.15) is 18.7 Å². The normalized spacial score (nSPS) is 16.8. The third-order valence-corrected chi connectivity index (χ3v) is 4.51. The van der Waals surface area contributed by atoms with Crippen LogP contribution in [0.3, 0.4) is 0 Å². The van der Waals surface area contributed by atoms with Gasteiger partial charge in [-0.15, -0.1) is 0 Å². The van der Waals surface area contributed by atoms with Gasteiger partial charge in [-0.2, -0.15) is 0 Å². The molecule has 1 saturated heterocycles. The maximum atomic E-state index is 12.0. The quantitative estimate of drug-likeness (QED) is 0.773. The van der Waals surface area contributed by atoms with E-state index in [0.717, 1.165) is 42.8 Å². The number of nitrogens with zero attached hydrogens (tertiary/aromatic N) is 2. The van der Waals surface area contributed by atoms with Crippen molar-refractivity contribution in [2.45, 2.75) is 19.4 Å². The number of H-pyrrole nitrogens is 1. The van der Waals surface area contributed by atoms with Gasteiger partial charge < -0.3 is 15.4 Å². The van der Waals surface area contributed by atoms with Crippen LogP contribution in [-0.4, -0.2) is 52.1 Å². The molecule has 6 nitrogen and oxygen atoms in total. The van der Waals surface area contributed by atoms with E-state index in [1.807, 2.05) is 12.1 Å². The highest BCUT2D eigenvalue weighted by atomic mass is 35.5. The second-order valence-corrected chi connectivity index (χ2v) is 6.46. The number of halogens is 1. The van der Waals surface area contributed by atoms with E-state index in [4.69, 9.17) is 16.7 Å². The molecule has 0 spiro atoms. The van der Waals surface area contributed by atoms with Crippen molar-refractivity contribution in [1.29, 1.82) is 0 Å². The summed E-state index contributed by atoms with van der Waals surface area (Å²) >= 11 is 5.95. The number of imidazole rings is 1. The molecular weight excluding hydrogens is 316 g/mol. The van der Waals surface area contributed by atoms with Gasteiger partial charge in [-0.3, -0.25) is 9.69 Å². The summed E-state index contributed by atoms with van der Waals surface area (Å²) in [5.74, 6) is 1.09. The van der Waals surface area contributed by atoms with E-state index in [1.54, 1.807) is 6.07 Å². The van der Waals surface area contributed by atoms with Crippen molar-refractivity contribution in [3.05, 3.63) is 29.0 Å². The first-order valence-corrected chi connectivity index (χ1v) is 8.26. The third kappa shape index (κ3) is 4.22. The van der Waals surface area contributed by atoms with Crippen molar-refractivity contribution < 1.29 is 9.90 Å². The number of aromatic amines is 1. The van der Waals surface area contributed by atoms with Crippen LogP contribution in [0, 0.1) is 5.92 Å². The second-order valence-electron chi connectivity index (χ2n) is 6.02. The fourth-order valence-electron chi connectivity index (χ4n) is 2.89. The van der Waals surface area contributed by atoms with E-state index in [9.17, 15) is 4.79 Å². The smallest absolute Gasteiger partial charge is 0.234 e. The van der Waals surface area contributed by atoms with Gasteiger partial charge in [-0.25, -0.2) is 4.98 Å². The topological polar surface area (TPSA) is 81.2 Å². The number of rotatable bonds is 5. The molecule has 0 atom stereocenters. The van der Waals surface area contributed by atoms with Crippen LogP contribution in [0.5, 0.6) is 0 Å². The molecule has 1 aliphatic rings. The first kappa shape index (κ1) is 16.2. The van der Waals surface area contributed by atoms with Gasteiger partial charge in [0.15, 0.2) is 0 Å². The van der Waals surface area contributed by atoms with Crippen molar-refractivity contribution >= 4 is 28.5 Å². The number of fused-ring (bicyclic) bond motifs is 1. The van der Waals surface area contributed by atoms with Gasteiger partial charge in [0.25, 0.3) is 0 Å². The first-order valence-electron chi connectivity index (χ1n) is 7.88. The lowest BCUT2D eigenvalue weighted by molar-refractivity contribution is -0.122. The number of hydrogen-bond donors (Lipinski definition) is 3. The third-order valence-electron chi connectivity index (χ3n) is 4.28. The SMILES string of the molecule is O=C(CN1CCC(CO)CC1)NCc1nc2ccc(Cl)cc2[nH]1. The van der Waals surface area contributed by atoms with Gasteiger partial charge in [0.1, 0.15) is 5.82 Å². The van der Waals surface area contributed by atoms with Crippen molar-refractivity contribution in [3.8, 4) is 0 Å². The Morgan fingerprint density at radius 2 is 2.22 bits per heavy atom. The number of amides is 1. The zero-order valence-corrected chi connectivity index (χ0v) is 13.6. The molecule has 2 heterocycles. The molecule has 1 aromatic carbocycles. The van der Waals surface area contributed by atoms with Crippen LogP contribution in [-0.2, 0) is 11.3 Å². The molecule has 124 valence electrons. The van der Waals surface area contributed by atoms with Gasteiger partial charge in [0.2, 0.25) is 5.91 Å². The maximum absolute atomic E-state index is 12.0. The largest absolute Gasteiger partial charge is 0.396 e. The molecule has 1 amide bonds. The van der Waals surface area contributed by atoms with Crippen LogP contribution < -0.4 is 5.32 Å². The average Bonchev–Trinajstić information content (AvgIpc) is 2.95. The number of nitrogens with one attached hydrogen (secondary N) is 2. The standard InChI is InChI=1S/C16H21ClN4O2/c17-12-1-2-13-14(7-12)20-15(19-13)8-18-16(23)9-21-5-3-11(10-22)4-6-21/h1-2,7,11,22H,3-6,8-10H2,(H,18,23)(H,19,20). The number of carbonyl (C=O) groups is 1. The molecule has 7 heteroatoms. The summed E-state index contributed by atoms with van der Waals surface area (Å²) in [4.78, 5) is 21.7. The monoisotopic (exact) mass is 336 g/mol. The van der Waals surface area contributed by atoms with E-state index in [0.29, 0.717) is 24.0 Å². The van der Waals surface area contributed by atoms with E-state index in [-0.39, 0.29) is 12.5 Å². The Kier molecular flexibility index (Phi) is 5.15. The maximum Gasteiger partial charge on any atom is 0.234 e. The lowest BCUT2D eigenvalue weighted by Crippen LogP contribution is -2.41. The molecule has 1 aliphatic heterocycles. The molecular formula is C16H21ClN4O2. The number of benzene rings is 1. The Hall–Kier alpha value is -1.63. The van der Waals surface area contributed by atoms with Gasteiger partial charge in [-0.05, 0) is 50.0 Å². The summed E-state index contributed by atoms with van der Waals surface area (Å²) in [6.45, 7) is 2.74. The number of piperidine rings is 1. The van der Waals surface area contributed by atoms with Gasteiger partial charge >= 0.3 is 0 Å². The van der Waals surface area contributed by atoms with Gasteiger partial charge in [0.05, 0.1) is 24.1 Å². The summed E-state index contributed by atoms with van der Waals surface area (Å²) in [5, 5.41) is 12.7. The molecule has 2 aromatic rings. The predicted octanol–water partition coefficient (Wildman–Crippen LogP) is 1.54. The van der Waals surface area contributed by atoms with Crippen molar-refractivity contribution in [1.82, 2.24) is 20.2 Å². The number of aliphatic hydroxyl groups is 1. The Labute approximate surface area is 139 Å². The number of aliphatic hydroxyl groups excluding tert-OH is 1. The summed E-state index contributed by atoms with van der Waals surface area (Å²) < 4.78 is 0. The van der Waals surface area contributed by atoms with E-state index in [1.165, 1.54) is 0 Å². The summed E-state index contributed by atoms with van der Waals surface area (Å²) in [5.41, 5.74) is 1.71. The molecule has 23 heavy (non-hydrogen) atoms. The lowest BCUT2D eigenvalue weighted by atomic mass is 9.98. The van der Waals surface area contributed by atoms with Crippen molar-refractivity contribution in [2.75, 3.05) is 26.2 Å². The van der Waals surface area contributed by atoms with Crippen molar-refractivity contribution in [3.63, 3.8) is 0 Å². The number of aromatic nitrogens is 2. The van der Waals surface area contributed by atoms with Crippen LogP contribution in [0.4, 0.5) is 0 Å². The highest BCUT2D eigenvalue weighted by molar-refractivity contribution is 6.31. The Bertz CT molecular complexity index is 680. The van der Waals surface area contributed by atoms with Gasteiger partial charge in [-0.1, -0.05) is 11.6 Å².